The smallest absolute Gasteiger partial charge is 0.278 e. The van der Waals surface area contributed by atoms with E-state index in [4.69, 9.17) is 11.6 Å². The summed E-state index contributed by atoms with van der Waals surface area (Å²) < 4.78 is 0. The lowest BCUT2D eigenvalue weighted by Gasteiger charge is -2.13. The first kappa shape index (κ1) is 17.3. The third kappa shape index (κ3) is 2.98. The highest BCUT2D eigenvalue weighted by atomic mass is 35.5. The molecule has 0 spiro atoms. The molecule has 1 heterocycles. The maximum absolute atomic E-state index is 12.9. The molecule has 4 rings (SSSR count). The van der Waals surface area contributed by atoms with Crippen LogP contribution in [0.15, 0.2) is 72.4 Å². The standard InChI is InChI=1S/C22H17ClN2O2/c1-2-25-21(26)19(15-10-12-16(23)13-11-15)20(22(25)27)24-18-9-5-7-14-6-3-4-8-17(14)18/h3-13,24H,2H2,1H3. The summed E-state index contributed by atoms with van der Waals surface area (Å²) in [6.45, 7) is 2.10. The van der Waals surface area contributed by atoms with Crippen molar-refractivity contribution in [2.24, 2.45) is 0 Å². The van der Waals surface area contributed by atoms with E-state index in [2.05, 4.69) is 5.32 Å². The fraction of sp³-hybridized carbons (Fsp3) is 0.0909. The first-order valence-electron chi connectivity index (χ1n) is 8.71. The highest BCUT2D eigenvalue weighted by Crippen LogP contribution is 2.33. The molecule has 5 heteroatoms. The molecular weight excluding hydrogens is 360 g/mol. The van der Waals surface area contributed by atoms with Crippen LogP contribution in [0.3, 0.4) is 0 Å². The molecule has 2 amide bonds. The Labute approximate surface area is 162 Å². The number of rotatable bonds is 4. The maximum Gasteiger partial charge on any atom is 0.278 e. The molecule has 0 saturated carbocycles. The Morgan fingerprint density at radius 3 is 2.33 bits per heavy atom. The summed E-state index contributed by atoms with van der Waals surface area (Å²) in [6, 6.07) is 20.7. The summed E-state index contributed by atoms with van der Waals surface area (Å²) >= 11 is 5.98. The number of carbonyl (C=O) groups excluding carboxylic acids is 2. The molecular formula is C22H17ClN2O2. The number of hydrogen-bond donors (Lipinski definition) is 1. The zero-order valence-electron chi connectivity index (χ0n) is 14.7. The van der Waals surface area contributed by atoms with Crippen molar-refractivity contribution >= 4 is 45.4 Å². The van der Waals surface area contributed by atoms with Gasteiger partial charge in [0.1, 0.15) is 5.70 Å². The van der Waals surface area contributed by atoms with Gasteiger partial charge in [-0.15, -0.1) is 0 Å². The molecule has 0 atom stereocenters. The van der Waals surface area contributed by atoms with Gasteiger partial charge in [-0.1, -0.05) is 60.1 Å². The summed E-state index contributed by atoms with van der Waals surface area (Å²) in [5.74, 6) is -0.618. The van der Waals surface area contributed by atoms with Crippen molar-refractivity contribution in [3.8, 4) is 0 Å². The minimum Gasteiger partial charge on any atom is -0.350 e. The molecule has 0 saturated heterocycles. The number of benzene rings is 3. The van der Waals surface area contributed by atoms with E-state index in [1.165, 1.54) is 4.90 Å². The second-order valence-corrected chi connectivity index (χ2v) is 6.70. The predicted octanol–water partition coefficient (Wildman–Crippen LogP) is 4.71. The SMILES string of the molecule is CCN1C(=O)C(Nc2cccc3ccccc23)=C(c2ccc(Cl)cc2)C1=O. The topological polar surface area (TPSA) is 49.4 Å². The second kappa shape index (κ2) is 6.89. The third-order valence-corrected chi connectivity index (χ3v) is 4.92. The van der Waals surface area contributed by atoms with Gasteiger partial charge in [0.2, 0.25) is 0 Å². The van der Waals surface area contributed by atoms with E-state index < -0.39 is 0 Å². The first-order valence-corrected chi connectivity index (χ1v) is 9.09. The number of imide groups is 1. The van der Waals surface area contributed by atoms with Gasteiger partial charge < -0.3 is 5.32 Å². The molecule has 1 aliphatic rings. The number of carbonyl (C=O) groups is 2. The quantitative estimate of drug-likeness (QED) is 0.671. The summed E-state index contributed by atoms with van der Waals surface area (Å²) in [4.78, 5) is 27.0. The summed E-state index contributed by atoms with van der Waals surface area (Å²) in [5.41, 5.74) is 2.11. The molecule has 0 bridgehead atoms. The van der Waals surface area contributed by atoms with Gasteiger partial charge in [0.15, 0.2) is 0 Å². The van der Waals surface area contributed by atoms with Crippen molar-refractivity contribution in [3.63, 3.8) is 0 Å². The highest BCUT2D eigenvalue weighted by molar-refractivity contribution is 6.37. The molecule has 1 N–H and O–H groups in total. The van der Waals surface area contributed by atoms with Gasteiger partial charge in [-0.05, 0) is 36.1 Å². The molecule has 1 aliphatic heterocycles. The molecule has 0 unspecified atom stereocenters. The van der Waals surface area contributed by atoms with Crippen LogP contribution in [0.2, 0.25) is 5.02 Å². The predicted molar refractivity (Wildman–Crippen MR) is 108 cm³/mol. The largest absolute Gasteiger partial charge is 0.350 e. The monoisotopic (exact) mass is 376 g/mol. The number of halogens is 1. The average Bonchev–Trinajstić information content (AvgIpc) is 2.92. The maximum atomic E-state index is 12.9. The van der Waals surface area contributed by atoms with Gasteiger partial charge in [0.05, 0.1) is 5.57 Å². The van der Waals surface area contributed by atoms with Gasteiger partial charge in [-0.25, -0.2) is 0 Å². The minimum absolute atomic E-state index is 0.292. The minimum atomic E-state index is -0.319. The molecule has 0 aliphatic carbocycles. The van der Waals surface area contributed by atoms with Crippen molar-refractivity contribution in [1.82, 2.24) is 4.90 Å². The van der Waals surface area contributed by atoms with Crippen molar-refractivity contribution in [2.45, 2.75) is 6.92 Å². The van der Waals surface area contributed by atoms with Crippen LogP contribution in [0, 0.1) is 0 Å². The summed E-state index contributed by atoms with van der Waals surface area (Å²) in [5, 5.41) is 5.84. The van der Waals surface area contributed by atoms with Gasteiger partial charge >= 0.3 is 0 Å². The van der Waals surface area contributed by atoms with E-state index in [0.717, 1.165) is 16.5 Å². The Hall–Kier alpha value is -3.11. The van der Waals surface area contributed by atoms with Crippen LogP contribution in [0.4, 0.5) is 5.69 Å². The van der Waals surface area contributed by atoms with Crippen LogP contribution >= 0.6 is 11.6 Å². The molecule has 134 valence electrons. The number of likely N-dealkylation sites (N-methyl/N-ethyl adjacent to an activating group) is 1. The van der Waals surface area contributed by atoms with E-state index in [9.17, 15) is 9.59 Å². The zero-order valence-corrected chi connectivity index (χ0v) is 15.5. The number of anilines is 1. The number of nitrogens with zero attached hydrogens (tertiary/aromatic N) is 1. The number of nitrogens with one attached hydrogen (secondary N) is 1. The number of hydrogen-bond acceptors (Lipinski definition) is 3. The molecule has 27 heavy (non-hydrogen) atoms. The number of fused-ring (bicyclic) bond motifs is 1. The van der Waals surface area contributed by atoms with Crippen LogP contribution in [0.1, 0.15) is 12.5 Å². The number of amides is 2. The Morgan fingerprint density at radius 2 is 1.59 bits per heavy atom. The van der Waals surface area contributed by atoms with Crippen LogP contribution in [0.5, 0.6) is 0 Å². The van der Waals surface area contributed by atoms with Crippen LogP contribution in [0.25, 0.3) is 16.3 Å². The Kier molecular flexibility index (Phi) is 4.42. The van der Waals surface area contributed by atoms with Crippen LogP contribution in [-0.2, 0) is 9.59 Å². The normalized spacial score (nSPS) is 14.4. The van der Waals surface area contributed by atoms with E-state index in [1.807, 2.05) is 42.5 Å². The van der Waals surface area contributed by atoms with Gasteiger partial charge in [0.25, 0.3) is 11.8 Å². The second-order valence-electron chi connectivity index (χ2n) is 6.26. The molecule has 3 aromatic rings. The average molecular weight is 377 g/mol. The fourth-order valence-corrected chi connectivity index (χ4v) is 3.46. The van der Waals surface area contributed by atoms with E-state index in [0.29, 0.717) is 28.4 Å². The molecule has 4 nitrogen and oxygen atoms in total. The van der Waals surface area contributed by atoms with E-state index in [1.54, 1.807) is 31.2 Å². The molecule has 3 aromatic carbocycles. The Morgan fingerprint density at radius 1 is 0.889 bits per heavy atom. The van der Waals surface area contributed by atoms with Crippen LogP contribution < -0.4 is 5.32 Å². The van der Waals surface area contributed by atoms with Crippen molar-refractivity contribution in [1.29, 1.82) is 0 Å². The van der Waals surface area contributed by atoms with Crippen molar-refractivity contribution < 1.29 is 9.59 Å². The van der Waals surface area contributed by atoms with E-state index in [-0.39, 0.29) is 11.8 Å². The molecule has 0 aromatic heterocycles. The highest BCUT2D eigenvalue weighted by Gasteiger charge is 2.38. The summed E-state index contributed by atoms with van der Waals surface area (Å²) in [7, 11) is 0. The Bertz CT molecular complexity index is 1080. The van der Waals surface area contributed by atoms with Crippen molar-refractivity contribution in [2.75, 3.05) is 11.9 Å². The van der Waals surface area contributed by atoms with Gasteiger partial charge in [0, 0.05) is 22.6 Å². The lowest BCUT2D eigenvalue weighted by molar-refractivity contribution is -0.136. The molecule has 0 fully saturated rings. The van der Waals surface area contributed by atoms with Crippen LogP contribution in [-0.4, -0.2) is 23.3 Å². The molecule has 0 radical (unpaired) electrons. The van der Waals surface area contributed by atoms with Gasteiger partial charge in [-0.2, -0.15) is 0 Å². The lowest BCUT2D eigenvalue weighted by Crippen LogP contribution is -2.32. The van der Waals surface area contributed by atoms with E-state index >= 15 is 0 Å². The first-order chi connectivity index (χ1) is 13.1. The lowest BCUT2D eigenvalue weighted by atomic mass is 10.0. The van der Waals surface area contributed by atoms with Gasteiger partial charge in [-0.3, -0.25) is 14.5 Å². The Balaban J connectivity index is 1.86. The fourth-order valence-electron chi connectivity index (χ4n) is 3.33. The zero-order chi connectivity index (χ0) is 19.0. The summed E-state index contributed by atoms with van der Waals surface area (Å²) in [6.07, 6.45) is 0. The third-order valence-electron chi connectivity index (χ3n) is 4.67. The van der Waals surface area contributed by atoms with Crippen molar-refractivity contribution in [3.05, 3.63) is 83.0 Å².